The van der Waals surface area contributed by atoms with E-state index in [1.807, 2.05) is 0 Å². The highest BCUT2D eigenvalue weighted by atomic mass is 28.3. The zero-order chi connectivity index (χ0) is 6.24. The third-order valence-corrected chi connectivity index (χ3v) is 6.79. The normalized spacial score (nSPS) is 10.8. The molecule has 0 N–H and O–H groups in total. The molecule has 0 saturated heterocycles. The quantitative estimate of drug-likeness (QED) is 0.324. The minimum atomic E-state index is 0. The van der Waals surface area contributed by atoms with E-state index in [4.69, 9.17) is 0 Å². The van der Waals surface area contributed by atoms with Gasteiger partial charge in [0.1, 0.15) is 0 Å². The first kappa shape index (κ1) is 11.9. The predicted molar refractivity (Wildman–Crippen MR) is 54.1 cm³/mol. The molecule has 0 spiro atoms. The number of hydrogen-bond acceptors (Lipinski definition) is 0. The minimum absolute atomic E-state index is 0. The first-order chi connectivity index (χ1) is 3.91. The van der Waals surface area contributed by atoms with Gasteiger partial charge >= 0.3 is 0 Å². The van der Waals surface area contributed by atoms with E-state index in [2.05, 4.69) is 19.6 Å². The van der Waals surface area contributed by atoms with Gasteiger partial charge in [0.2, 0.25) is 0 Å². The van der Waals surface area contributed by atoms with Gasteiger partial charge in [-0.05, 0) is 6.04 Å². The maximum Gasteiger partial charge on any atom is 0.0209 e. The molecule has 0 amide bonds. The molecule has 0 saturated carbocycles. The third-order valence-electron chi connectivity index (χ3n) is 1.26. The Hall–Kier alpha value is 0.174. The first-order valence-electron chi connectivity index (χ1n) is 3.52. The average molecular weight is 160 g/mol. The maximum absolute atomic E-state index is 3.71. The van der Waals surface area contributed by atoms with E-state index < -0.39 is 0 Å². The number of hydrogen-bond donors (Lipinski definition) is 0. The Morgan fingerprint density at radius 1 is 1.44 bits per heavy atom. The molecule has 0 aliphatic rings. The fourth-order valence-electron chi connectivity index (χ4n) is 0.715. The molecule has 0 unspecified atom stereocenters. The summed E-state index contributed by atoms with van der Waals surface area (Å²) in [4.78, 5) is 0. The van der Waals surface area contributed by atoms with Crippen LogP contribution in [0.5, 0.6) is 0 Å². The highest BCUT2D eigenvalue weighted by molar-refractivity contribution is 6.55. The summed E-state index contributed by atoms with van der Waals surface area (Å²) < 4.78 is 0. The highest BCUT2D eigenvalue weighted by Gasteiger charge is 1.83. The molecule has 0 nitrogen and oxygen atoms in total. The molecule has 0 aromatic heterocycles. The van der Waals surface area contributed by atoms with Crippen LogP contribution in [0.15, 0.2) is 12.7 Å². The van der Waals surface area contributed by atoms with Gasteiger partial charge in [-0.3, -0.25) is 0 Å². The summed E-state index contributed by atoms with van der Waals surface area (Å²) in [6, 6.07) is 2.87. The van der Waals surface area contributed by atoms with Crippen molar-refractivity contribution in [2.75, 3.05) is 0 Å². The van der Waals surface area contributed by atoms with Crippen LogP contribution in [0, 0.1) is 0 Å². The zero-order valence-corrected chi connectivity index (χ0v) is 8.65. The minimum Gasteiger partial charge on any atom is -0.103 e. The molecule has 0 aromatic carbocycles. The SMILES string of the molecule is C.C=CC[SiH2]C[SiH2]CC. The molecule has 0 rings (SSSR count). The van der Waals surface area contributed by atoms with Crippen molar-refractivity contribution in [3.05, 3.63) is 12.7 Å². The fraction of sp³-hybridized carbons (Fsp3) is 0.714. The second-order valence-corrected chi connectivity index (χ2v) is 7.96. The number of allylic oxidation sites excluding steroid dienone is 1. The van der Waals surface area contributed by atoms with Crippen LogP contribution < -0.4 is 0 Å². The van der Waals surface area contributed by atoms with E-state index in [1.54, 1.807) is 5.67 Å². The molecule has 0 aliphatic carbocycles. The maximum atomic E-state index is 3.71. The molecule has 2 heteroatoms. The van der Waals surface area contributed by atoms with Crippen LogP contribution in [-0.2, 0) is 0 Å². The standard InChI is InChI=1S/C6H16Si2.CH4/c1-3-5-8-6-7-4-2;/h3H,1,4-8H2,2H3;1H4. The Balaban J connectivity index is 0. The van der Waals surface area contributed by atoms with Gasteiger partial charge in [0, 0.05) is 19.0 Å². The summed E-state index contributed by atoms with van der Waals surface area (Å²) >= 11 is 0. The topological polar surface area (TPSA) is 0 Å². The Morgan fingerprint density at radius 2 is 2.11 bits per heavy atom. The van der Waals surface area contributed by atoms with Gasteiger partial charge in [0.25, 0.3) is 0 Å². The lowest BCUT2D eigenvalue weighted by molar-refractivity contribution is 1.44. The van der Waals surface area contributed by atoms with Gasteiger partial charge in [-0.25, -0.2) is 0 Å². The Morgan fingerprint density at radius 3 is 2.56 bits per heavy atom. The fourth-order valence-corrected chi connectivity index (χ4v) is 5.57. The summed E-state index contributed by atoms with van der Waals surface area (Å²) in [6.45, 7) is 6.02. The Labute approximate surface area is 64.4 Å². The van der Waals surface area contributed by atoms with Crippen molar-refractivity contribution in [2.24, 2.45) is 0 Å². The van der Waals surface area contributed by atoms with E-state index >= 15 is 0 Å². The molecule has 0 atom stereocenters. The Bertz CT molecular complexity index is 52.9. The van der Waals surface area contributed by atoms with Crippen molar-refractivity contribution in [1.29, 1.82) is 0 Å². The summed E-state index contributed by atoms with van der Waals surface area (Å²) in [5.74, 6) is 0. The van der Waals surface area contributed by atoms with E-state index in [0.29, 0.717) is 19.0 Å². The van der Waals surface area contributed by atoms with Crippen molar-refractivity contribution in [1.82, 2.24) is 0 Å². The molecule has 0 heterocycles. The molecule has 0 radical (unpaired) electrons. The largest absolute Gasteiger partial charge is 0.103 e. The van der Waals surface area contributed by atoms with Gasteiger partial charge in [-0.2, -0.15) is 0 Å². The third kappa shape index (κ3) is 11.6. The van der Waals surface area contributed by atoms with Gasteiger partial charge in [-0.15, -0.1) is 6.58 Å². The van der Waals surface area contributed by atoms with Crippen LogP contribution in [0.2, 0.25) is 17.8 Å². The van der Waals surface area contributed by atoms with Crippen molar-refractivity contribution in [3.8, 4) is 0 Å². The molecular weight excluding hydrogens is 140 g/mol. The van der Waals surface area contributed by atoms with Crippen LogP contribution in [0.25, 0.3) is 0 Å². The highest BCUT2D eigenvalue weighted by Crippen LogP contribution is 1.86. The smallest absolute Gasteiger partial charge is 0.0209 e. The van der Waals surface area contributed by atoms with Gasteiger partial charge < -0.3 is 0 Å². The molecule has 56 valence electrons. The van der Waals surface area contributed by atoms with Crippen LogP contribution in [0.3, 0.4) is 0 Å². The molecule has 9 heavy (non-hydrogen) atoms. The monoisotopic (exact) mass is 160 g/mol. The molecule has 0 aromatic rings. The van der Waals surface area contributed by atoms with Gasteiger partial charge in [0.05, 0.1) is 0 Å². The van der Waals surface area contributed by atoms with E-state index in [0.717, 1.165) is 0 Å². The summed E-state index contributed by atoms with van der Waals surface area (Å²) in [5, 5.41) is 0. The molecule has 0 bridgehead atoms. The van der Waals surface area contributed by atoms with Crippen molar-refractivity contribution in [3.63, 3.8) is 0 Å². The van der Waals surface area contributed by atoms with Crippen molar-refractivity contribution in [2.45, 2.75) is 32.1 Å². The predicted octanol–water partition coefficient (Wildman–Crippen LogP) is 1.38. The summed E-state index contributed by atoms with van der Waals surface area (Å²) in [6.07, 6.45) is 2.08. The zero-order valence-electron chi connectivity index (χ0n) is 5.82. The van der Waals surface area contributed by atoms with Crippen LogP contribution in [0.4, 0.5) is 0 Å². The van der Waals surface area contributed by atoms with Gasteiger partial charge in [-0.1, -0.05) is 32.1 Å². The van der Waals surface area contributed by atoms with Crippen LogP contribution in [0.1, 0.15) is 14.4 Å². The van der Waals surface area contributed by atoms with Gasteiger partial charge in [0.15, 0.2) is 0 Å². The summed E-state index contributed by atoms with van der Waals surface area (Å²) in [7, 11) is 0.759. The number of rotatable bonds is 5. The first-order valence-corrected chi connectivity index (χ1v) is 7.52. The lowest BCUT2D eigenvalue weighted by Gasteiger charge is -1.89. The summed E-state index contributed by atoms with van der Waals surface area (Å²) in [5.41, 5.74) is 1.66. The molecule has 0 fully saturated rings. The van der Waals surface area contributed by atoms with Crippen LogP contribution in [-0.4, -0.2) is 19.0 Å². The second kappa shape index (κ2) is 11.0. The molecular formula is C7H20Si2. The van der Waals surface area contributed by atoms with E-state index in [1.165, 1.54) is 12.1 Å². The lowest BCUT2D eigenvalue weighted by atomic mass is 10.8. The van der Waals surface area contributed by atoms with Crippen LogP contribution >= 0.6 is 0 Å². The lowest BCUT2D eigenvalue weighted by Crippen LogP contribution is -1.93. The second-order valence-electron chi connectivity index (χ2n) is 2.14. The average Bonchev–Trinajstić information content (AvgIpc) is 1.81. The van der Waals surface area contributed by atoms with E-state index in [9.17, 15) is 0 Å². The Kier molecular flexibility index (Phi) is 14.6. The molecule has 0 aliphatic heterocycles. The van der Waals surface area contributed by atoms with E-state index in [-0.39, 0.29) is 7.43 Å². The van der Waals surface area contributed by atoms with Crippen molar-refractivity contribution >= 4 is 19.0 Å². The van der Waals surface area contributed by atoms with Crippen molar-refractivity contribution < 1.29 is 0 Å².